The van der Waals surface area contributed by atoms with Crippen LogP contribution in [0.3, 0.4) is 0 Å². The number of halogens is 3. The Bertz CT molecular complexity index is 970. The molecule has 178 valence electrons. The van der Waals surface area contributed by atoms with Crippen LogP contribution >= 0.6 is 23.5 Å². The maximum Gasteiger partial charge on any atom is 0.260 e. The molecule has 0 aliphatic carbocycles. The van der Waals surface area contributed by atoms with Crippen LogP contribution in [-0.4, -0.2) is 47.9 Å². The monoisotopic (exact) mass is 498 g/mol. The van der Waals surface area contributed by atoms with E-state index in [-0.39, 0.29) is 19.7 Å². The van der Waals surface area contributed by atoms with E-state index in [2.05, 4.69) is 5.32 Å². The summed E-state index contributed by atoms with van der Waals surface area (Å²) in [6, 6.07) is 9.26. The number of nitrogens with one attached hydrogen (secondary N) is 1. The average molecular weight is 499 g/mol. The molecule has 1 saturated heterocycles. The fourth-order valence-corrected chi connectivity index (χ4v) is 6.08. The van der Waals surface area contributed by atoms with Crippen LogP contribution in [0.15, 0.2) is 36.4 Å². The molecule has 0 radical (unpaired) electrons. The second-order valence-corrected chi connectivity index (χ2v) is 10.1. The van der Waals surface area contributed by atoms with Crippen molar-refractivity contribution < 1.29 is 27.5 Å². The highest BCUT2D eigenvalue weighted by Crippen LogP contribution is 2.43. The van der Waals surface area contributed by atoms with Gasteiger partial charge >= 0.3 is 0 Å². The maximum absolute atomic E-state index is 13.8. The van der Waals surface area contributed by atoms with Crippen molar-refractivity contribution in [3.63, 3.8) is 0 Å². The molecule has 10 heteroatoms. The van der Waals surface area contributed by atoms with E-state index in [0.29, 0.717) is 22.8 Å². The largest absolute Gasteiger partial charge is 0.484 e. The van der Waals surface area contributed by atoms with Crippen molar-refractivity contribution in [2.75, 3.05) is 36.5 Å². The van der Waals surface area contributed by atoms with Crippen LogP contribution in [0, 0.1) is 17.5 Å². The minimum Gasteiger partial charge on any atom is -0.484 e. The predicted octanol–water partition coefficient (Wildman–Crippen LogP) is 5.23. The number of thioether (sulfide) groups is 2. The summed E-state index contributed by atoms with van der Waals surface area (Å²) in [6.45, 7) is 1.49. The maximum atomic E-state index is 13.8. The molecule has 1 fully saturated rings. The summed E-state index contributed by atoms with van der Waals surface area (Å²) in [5, 5.41) is 2.17. The van der Waals surface area contributed by atoms with Gasteiger partial charge in [-0.2, -0.15) is 0 Å². The van der Waals surface area contributed by atoms with E-state index in [4.69, 9.17) is 4.74 Å². The van der Waals surface area contributed by atoms with Gasteiger partial charge in [-0.15, -0.1) is 23.5 Å². The lowest BCUT2D eigenvalue weighted by atomic mass is 10.2. The summed E-state index contributed by atoms with van der Waals surface area (Å²) in [7, 11) is 0. The van der Waals surface area contributed by atoms with E-state index in [1.807, 2.05) is 54.7 Å². The van der Waals surface area contributed by atoms with Crippen LogP contribution in [0.1, 0.15) is 29.9 Å². The Morgan fingerprint density at radius 2 is 1.76 bits per heavy atom. The molecule has 0 atom stereocenters. The standard InChI is InChI=1S/C23H25F3N2O3S2/c1-2-10-28(13-19(29)27-18-9-8-17(24)21(25)22(18)26)20(30)14-31-16-6-4-15(5-7-16)23-32-11-3-12-33-23/h4-9,23H,2-3,10-14H2,1H3,(H,27,29). The second-order valence-electron chi connectivity index (χ2n) is 7.37. The summed E-state index contributed by atoms with van der Waals surface area (Å²) in [5.41, 5.74) is 0.713. The first kappa shape index (κ1) is 25.3. The molecule has 0 spiro atoms. The summed E-state index contributed by atoms with van der Waals surface area (Å²) in [6.07, 6.45) is 1.81. The molecular formula is C23H25F3N2O3S2. The number of hydrogen-bond acceptors (Lipinski definition) is 5. The molecule has 2 amide bonds. The highest BCUT2D eigenvalue weighted by atomic mass is 32.2. The molecular weight excluding hydrogens is 473 g/mol. The molecule has 5 nitrogen and oxygen atoms in total. The van der Waals surface area contributed by atoms with Crippen molar-refractivity contribution in [3.8, 4) is 5.75 Å². The van der Waals surface area contributed by atoms with Gasteiger partial charge in [-0.1, -0.05) is 19.1 Å². The Hall–Kier alpha value is -2.33. The van der Waals surface area contributed by atoms with Gasteiger partial charge in [0.2, 0.25) is 5.91 Å². The molecule has 1 aliphatic rings. The smallest absolute Gasteiger partial charge is 0.260 e. The van der Waals surface area contributed by atoms with Crippen LogP contribution in [0.25, 0.3) is 0 Å². The first-order valence-corrected chi connectivity index (χ1v) is 12.7. The van der Waals surface area contributed by atoms with Gasteiger partial charge in [0.25, 0.3) is 5.91 Å². The number of rotatable bonds is 9. The molecule has 2 aromatic carbocycles. The highest BCUT2D eigenvalue weighted by Gasteiger charge is 2.20. The third-order valence-corrected chi connectivity index (χ3v) is 7.85. The molecule has 0 saturated carbocycles. The van der Waals surface area contributed by atoms with Gasteiger partial charge in [-0.05, 0) is 54.2 Å². The van der Waals surface area contributed by atoms with E-state index in [9.17, 15) is 22.8 Å². The quantitative estimate of drug-likeness (QED) is 0.480. The fraction of sp³-hybridized carbons (Fsp3) is 0.391. The number of nitrogens with zero attached hydrogens (tertiary/aromatic N) is 1. The van der Waals surface area contributed by atoms with E-state index in [1.165, 1.54) is 16.9 Å². The number of amides is 2. The van der Waals surface area contributed by atoms with Crippen molar-refractivity contribution >= 4 is 41.0 Å². The minimum atomic E-state index is -1.67. The predicted molar refractivity (Wildman–Crippen MR) is 126 cm³/mol. The first-order valence-electron chi connectivity index (χ1n) is 10.6. The highest BCUT2D eigenvalue weighted by molar-refractivity contribution is 8.16. The van der Waals surface area contributed by atoms with E-state index in [1.54, 1.807) is 0 Å². The van der Waals surface area contributed by atoms with Crippen LogP contribution in [0.5, 0.6) is 5.75 Å². The zero-order chi connectivity index (χ0) is 23.8. The van der Waals surface area contributed by atoms with E-state index in [0.717, 1.165) is 17.6 Å². The van der Waals surface area contributed by atoms with Crippen molar-refractivity contribution in [3.05, 3.63) is 59.4 Å². The average Bonchev–Trinajstić information content (AvgIpc) is 2.83. The number of carbonyl (C=O) groups excluding carboxylic acids is 2. The van der Waals surface area contributed by atoms with Gasteiger partial charge in [0.1, 0.15) is 5.75 Å². The minimum absolute atomic E-state index is 0.265. The second kappa shape index (κ2) is 12.2. The molecule has 2 aromatic rings. The molecule has 3 rings (SSSR count). The molecule has 0 unspecified atom stereocenters. The normalized spacial score (nSPS) is 14.1. The van der Waals surface area contributed by atoms with Crippen molar-refractivity contribution in [2.45, 2.75) is 24.3 Å². The Kier molecular flexibility index (Phi) is 9.37. The summed E-state index contributed by atoms with van der Waals surface area (Å²) in [4.78, 5) is 26.2. The lowest BCUT2D eigenvalue weighted by molar-refractivity contribution is -0.136. The molecule has 33 heavy (non-hydrogen) atoms. The van der Waals surface area contributed by atoms with Crippen molar-refractivity contribution in [2.24, 2.45) is 0 Å². The molecule has 1 heterocycles. The Balaban J connectivity index is 1.54. The first-order chi connectivity index (χ1) is 15.9. The van der Waals surface area contributed by atoms with Crippen molar-refractivity contribution in [1.29, 1.82) is 0 Å². The van der Waals surface area contributed by atoms with Crippen LogP contribution in [0.2, 0.25) is 0 Å². The molecule has 1 N–H and O–H groups in total. The van der Waals surface area contributed by atoms with Gasteiger partial charge < -0.3 is 15.0 Å². The number of hydrogen-bond donors (Lipinski definition) is 1. The topological polar surface area (TPSA) is 58.6 Å². The summed E-state index contributed by atoms with van der Waals surface area (Å²) < 4.78 is 46.2. The molecule has 0 bridgehead atoms. The number of carbonyl (C=O) groups is 2. The van der Waals surface area contributed by atoms with E-state index < -0.39 is 35.0 Å². The van der Waals surface area contributed by atoms with Gasteiger partial charge in [0.15, 0.2) is 24.1 Å². The Morgan fingerprint density at radius 1 is 1.06 bits per heavy atom. The Morgan fingerprint density at radius 3 is 2.42 bits per heavy atom. The SMILES string of the molecule is CCCN(CC(=O)Nc1ccc(F)c(F)c1F)C(=O)COc1ccc(C2SCCCS2)cc1. The summed E-state index contributed by atoms with van der Waals surface area (Å²) >= 11 is 3.84. The third-order valence-electron chi connectivity index (χ3n) is 4.83. The lowest BCUT2D eigenvalue weighted by Crippen LogP contribution is -2.41. The van der Waals surface area contributed by atoms with Gasteiger partial charge in [-0.3, -0.25) is 9.59 Å². The fourth-order valence-electron chi connectivity index (χ4n) is 3.19. The Labute approximate surface area is 199 Å². The number of benzene rings is 2. The third kappa shape index (κ3) is 7.07. The van der Waals surface area contributed by atoms with Crippen molar-refractivity contribution in [1.82, 2.24) is 4.90 Å². The zero-order valence-electron chi connectivity index (χ0n) is 18.1. The van der Waals surface area contributed by atoms with Gasteiger partial charge in [0.05, 0.1) is 16.8 Å². The number of anilines is 1. The van der Waals surface area contributed by atoms with Crippen LogP contribution < -0.4 is 10.1 Å². The van der Waals surface area contributed by atoms with Gasteiger partial charge in [-0.25, -0.2) is 13.2 Å². The molecule has 0 aromatic heterocycles. The van der Waals surface area contributed by atoms with Crippen LogP contribution in [0.4, 0.5) is 18.9 Å². The van der Waals surface area contributed by atoms with Crippen LogP contribution in [-0.2, 0) is 9.59 Å². The molecule has 1 aliphatic heterocycles. The zero-order valence-corrected chi connectivity index (χ0v) is 19.7. The summed E-state index contributed by atoms with van der Waals surface area (Å²) in [5.74, 6) is -2.82. The van der Waals surface area contributed by atoms with E-state index >= 15 is 0 Å². The van der Waals surface area contributed by atoms with Gasteiger partial charge in [0, 0.05) is 6.54 Å². The number of ether oxygens (including phenoxy) is 1. The lowest BCUT2D eigenvalue weighted by Gasteiger charge is -2.22.